The van der Waals surface area contributed by atoms with E-state index in [0.29, 0.717) is 6.04 Å². The molecule has 3 heteroatoms. The number of hydrogen-bond donors (Lipinski definition) is 1. The van der Waals surface area contributed by atoms with Crippen molar-refractivity contribution >= 4 is 11.6 Å². The van der Waals surface area contributed by atoms with Crippen LogP contribution in [0.25, 0.3) is 0 Å². The van der Waals surface area contributed by atoms with Gasteiger partial charge < -0.3 is 5.32 Å². The molecule has 0 spiro atoms. The Balaban J connectivity index is 1.73. The molecule has 0 amide bonds. The number of hydrogen-bond acceptors (Lipinski definition) is 2. The van der Waals surface area contributed by atoms with Crippen molar-refractivity contribution in [2.75, 3.05) is 26.7 Å². The van der Waals surface area contributed by atoms with Crippen LogP contribution in [0.5, 0.6) is 0 Å². The molecule has 1 heterocycles. The molecule has 0 aliphatic carbocycles. The Hall–Kier alpha value is -0.570. The zero-order chi connectivity index (χ0) is 14.4. The normalized spacial score (nSPS) is 18.4. The van der Waals surface area contributed by atoms with Crippen LogP contribution in [0.4, 0.5) is 0 Å². The molecule has 1 N–H and O–H groups in total. The second-order valence-electron chi connectivity index (χ2n) is 6.04. The molecular weight excluding hydrogens is 268 g/mol. The largest absolute Gasteiger partial charge is 0.317 e. The predicted octanol–water partition coefficient (Wildman–Crippen LogP) is 4.11. The summed E-state index contributed by atoms with van der Waals surface area (Å²) in [5.74, 6) is 0.940. The molecule has 0 radical (unpaired) electrons. The highest BCUT2D eigenvalue weighted by molar-refractivity contribution is 6.30. The van der Waals surface area contributed by atoms with E-state index in [1.165, 1.54) is 50.9 Å². The van der Waals surface area contributed by atoms with Gasteiger partial charge in [0.05, 0.1) is 0 Å². The lowest BCUT2D eigenvalue weighted by Gasteiger charge is -2.27. The van der Waals surface area contributed by atoms with Crippen molar-refractivity contribution in [2.24, 2.45) is 5.92 Å². The maximum absolute atomic E-state index is 5.95. The Labute approximate surface area is 128 Å². The lowest BCUT2D eigenvalue weighted by atomic mass is 9.93. The average molecular weight is 295 g/mol. The van der Waals surface area contributed by atoms with Gasteiger partial charge in [0.1, 0.15) is 0 Å². The molecule has 2 rings (SSSR count). The molecule has 1 atom stereocenters. The molecule has 1 aromatic carbocycles. The Morgan fingerprint density at radius 3 is 2.55 bits per heavy atom. The van der Waals surface area contributed by atoms with E-state index < -0.39 is 0 Å². The van der Waals surface area contributed by atoms with Gasteiger partial charge in [0, 0.05) is 11.1 Å². The highest BCUT2D eigenvalue weighted by Crippen LogP contribution is 2.22. The molecule has 1 unspecified atom stereocenters. The molecule has 0 aromatic heterocycles. The molecular formula is C17H27ClN2. The zero-order valence-electron chi connectivity index (χ0n) is 12.7. The van der Waals surface area contributed by atoms with Crippen molar-refractivity contribution in [2.45, 2.75) is 38.6 Å². The number of piperidine rings is 1. The SMILES string of the molecule is CC(c1ccc(Cl)cc1)N(C)CCCC1CCNCC1. The average Bonchev–Trinajstić information content (AvgIpc) is 2.48. The maximum atomic E-state index is 5.95. The standard InChI is InChI=1S/C17H27ClN2/c1-14(16-5-7-17(18)8-6-16)20(2)13-3-4-15-9-11-19-12-10-15/h5-8,14-15,19H,3-4,9-13H2,1-2H3. The second kappa shape index (κ2) is 8.02. The van der Waals surface area contributed by atoms with Gasteiger partial charge in [-0.25, -0.2) is 0 Å². The van der Waals surface area contributed by atoms with E-state index in [2.05, 4.69) is 36.3 Å². The Bertz CT molecular complexity index is 384. The van der Waals surface area contributed by atoms with Crippen LogP contribution >= 0.6 is 11.6 Å². The van der Waals surface area contributed by atoms with E-state index >= 15 is 0 Å². The van der Waals surface area contributed by atoms with Crippen LogP contribution in [-0.2, 0) is 0 Å². The molecule has 112 valence electrons. The minimum atomic E-state index is 0.459. The van der Waals surface area contributed by atoms with Crippen molar-refractivity contribution in [1.82, 2.24) is 10.2 Å². The van der Waals surface area contributed by atoms with Crippen LogP contribution in [0.3, 0.4) is 0 Å². The number of nitrogens with one attached hydrogen (secondary N) is 1. The summed E-state index contributed by atoms with van der Waals surface area (Å²) in [6.07, 6.45) is 5.39. The van der Waals surface area contributed by atoms with E-state index in [9.17, 15) is 0 Å². The molecule has 0 bridgehead atoms. The monoisotopic (exact) mass is 294 g/mol. The topological polar surface area (TPSA) is 15.3 Å². The van der Waals surface area contributed by atoms with Gasteiger partial charge in [0.25, 0.3) is 0 Å². The molecule has 1 aliphatic rings. The lowest BCUT2D eigenvalue weighted by molar-refractivity contribution is 0.241. The van der Waals surface area contributed by atoms with Crippen LogP contribution in [0.15, 0.2) is 24.3 Å². The van der Waals surface area contributed by atoms with Gasteiger partial charge in [-0.2, -0.15) is 0 Å². The van der Waals surface area contributed by atoms with E-state index in [-0.39, 0.29) is 0 Å². The summed E-state index contributed by atoms with van der Waals surface area (Å²) >= 11 is 5.95. The van der Waals surface area contributed by atoms with Gasteiger partial charge in [-0.3, -0.25) is 4.90 Å². The first-order valence-corrected chi connectivity index (χ1v) is 8.21. The molecule has 1 aromatic rings. The van der Waals surface area contributed by atoms with E-state index in [0.717, 1.165) is 10.9 Å². The van der Waals surface area contributed by atoms with Crippen molar-refractivity contribution < 1.29 is 0 Å². The molecule has 1 saturated heterocycles. The van der Waals surface area contributed by atoms with Crippen LogP contribution in [0.2, 0.25) is 5.02 Å². The zero-order valence-corrected chi connectivity index (χ0v) is 13.5. The summed E-state index contributed by atoms with van der Waals surface area (Å²) in [6.45, 7) is 5.87. The summed E-state index contributed by atoms with van der Waals surface area (Å²) in [5.41, 5.74) is 1.35. The summed E-state index contributed by atoms with van der Waals surface area (Å²) in [7, 11) is 2.22. The molecule has 1 fully saturated rings. The first kappa shape index (κ1) is 15.8. The summed E-state index contributed by atoms with van der Waals surface area (Å²) in [6, 6.07) is 8.69. The predicted molar refractivity (Wildman–Crippen MR) is 87.3 cm³/mol. The van der Waals surface area contributed by atoms with Gasteiger partial charge >= 0.3 is 0 Å². The fourth-order valence-corrected chi connectivity index (χ4v) is 3.12. The number of rotatable bonds is 6. The fourth-order valence-electron chi connectivity index (χ4n) is 2.99. The number of benzene rings is 1. The maximum Gasteiger partial charge on any atom is 0.0406 e. The molecule has 20 heavy (non-hydrogen) atoms. The quantitative estimate of drug-likeness (QED) is 0.849. The minimum Gasteiger partial charge on any atom is -0.317 e. The highest BCUT2D eigenvalue weighted by atomic mass is 35.5. The van der Waals surface area contributed by atoms with Crippen LogP contribution < -0.4 is 5.32 Å². The number of nitrogens with zero attached hydrogens (tertiary/aromatic N) is 1. The van der Waals surface area contributed by atoms with Crippen LogP contribution in [0.1, 0.15) is 44.2 Å². The Morgan fingerprint density at radius 2 is 1.90 bits per heavy atom. The van der Waals surface area contributed by atoms with Crippen molar-refractivity contribution in [3.8, 4) is 0 Å². The van der Waals surface area contributed by atoms with E-state index in [4.69, 9.17) is 11.6 Å². The van der Waals surface area contributed by atoms with Crippen LogP contribution in [0, 0.1) is 5.92 Å². The van der Waals surface area contributed by atoms with E-state index in [1.807, 2.05) is 12.1 Å². The second-order valence-corrected chi connectivity index (χ2v) is 6.48. The fraction of sp³-hybridized carbons (Fsp3) is 0.647. The minimum absolute atomic E-state index is 0.459. The molecule has 0 saturated carbocycles. The van der Waals surface area contributed by atoms with Crippen molar-refractivity contribution in [1.29, 1.82) is 0 Å². The van der Waals surface area contributed by atoms with Gasteiger partial charge in [-0.05, 0) is 82.9 Å². The lowest BCUT2D eigenvalue weighted by Crippen LogP contribution is -2.29. The Morgan fingerprint density at radius 1 is 1.25 bits per heavy atom. The first-order chi connectivity index (χ1) is 9.66. The van der Waals surface area contributed by atoms with Crippen molar-refractivity contribution in [3.63, 3.8) is 0 Å². The third-order valence-electron chi connectivity index (χ3n) is 4.60. The third-order valence-corrected chi connectivity index (χ3v) is 4.85. The molecule has 2 nitrogen and oxygen atoms in total. The summed E-state index contributed by atoms with van der Waals surface area (Å²) in [5, 5.41) is 4.25. The van der Waals surface area contributed by atoms with Crippen LogP contribution in [-0.4, -0.2) is 31.6 Å². The Kier molecular flexibility index (Phi) is 6.34. The van der Waals surface area contributed by atoms with Gasteiger partial charge in [0.15, 0.2) is 0 Å². The van der Waals surface area contributed by atoms with Gasteiger partial charge in [-0.1, -0.05) is 23.7 Å². The third kappa shape index (κ3) is 4.76. The van der Waals surface area contributed by atoms with Gasteiger partial charge in [-0.15, -0.1) is 0 Å². The number of halogens is 1. The highest BCUT2D eigenvalue weighted by Gasteiger charge is 2.15. The smallest absolute Gasteiger partial charge is 0.0406 e. The first-order valence-electron chi connectivity index (χ1n) is 7.83. The summed E-state index contributed by atoms with van der Waals surface area (Å²) in [4.78, 5) is 2.45. The molecule has 1 aliphatic heterocycles. The summed E-state index contributed by atoms with van der Waals surface area (Å²) < 4.78 is 0. The van der Waals surface area contributed by atoms with E-state index in [1.54, 1.807) is 0 Å². The van der Waals surface area contributed by atoms with Crippen molar-refractivity contribution in [3.05, 3.63) is 34.9 Å². The van der Waals surface area contributed by atoms with Gasteiger partial charge in [0.2, 0.25) is 0 Å².